The second kappa shape index (κ2) is 8.47. The molecule has 0 spiro atoms. The Kier molecular flexibility index (Phi) is 5.60. The molecule has 1 aliphatic rings. The minimum absolute atomic E-state index is 0.0160. The van der Waals surface area contributed by atoms with Gasteiger partial charge >= 0.3 is 0 Å². The maximum atomic E-state index is 13.0. The molecule has 0 bridgehead atoms. The fourth-order valence-corrected chi connectivity index (χ4v) is 4.18. The minimum atomic E-state index is -0.217. The van der Waals surface area contributed by atoms with E-state index < -0.39 is 0 Å². The van der Waals surface area contributed by atoms with Gasteiger partial charge in [-0.25, -0.2) is 0 Å². The first-order chi connectivity index (χ1) is 14.1. The van der Waals surface area contributed by atoms with Gasteiger partial charge in [0, 0.05) is 30.2 Å². The van der Waals surface area contributed by atoms with Crippen LogP contribution in [0.25, 0.3) is 10.9 Å². The lowest BCUT2D eigenvalue weighted by Crippen LogP contribution is -2.48. The van der Waals surface area contributed by atoms with Crippen molar-refractivity contribution in [1.82, 2.24) is 20.2 Å². The quantitative estimate of drug-likeness (QED) is 0.703. The fraction of sp³-hybridized carbons (Fsp3) is 0.348. The second-order valence-corrected chi connectivity index (χ2v) is 7.66. The summed E-state index contributed by atoms with van der Waals surface area (Å²) in [5.74, 6) is -0.359. The molecule has 1 aromatic carbocycles. The van der Waals surface area contributed by atoms with Crippen molar-refractivity contribution in [2.24, 2.45) is 13.0 Å². The summed E-state index contributed by atoms with van der Waals surface area (Å²) in [6, 6.07) is 15.3. The zero-order valence-corrected chi connectivity index (χ0v) is 16.6. The molecule has 6 nitrogen and oxygen atoms in total. The molecule has 2 aromatic heterocycles. The van der Waals surface area contributed by atoms with E-state index in [9.17, 15) is 9.59 Å². The van der Waals surface area contributed by atoms with Gasteiger partial charge in [-0.2, -0.15) is 0 Å². The number of amides is 2. The highest BCUT2D eigenvalue weighted by molar-refractivity contribution is 5.99. The topological polar surface area (TPSA) is 76.0 Å². The summed E-state index contributed by atoms with van der Waals surface area (Å²) in [5, 5.41) is 7.15. The lowest BCUT2D eigenvalue weighted by molar-refractivity contribution is -0.126. The predicted molar refractivity (Wildman–Crippen MR) is 112 cm³/mol. The molecule has 2 atom stereocenters. The van der Waals surface area contributed by atoms with E-state index in [4.69, 9.17) is 0 Å². The van der Waals surface area contributed by atoms with Crippen LogP contribution in [-0.4, -0.2) is 27.4 Å². The summed E-state index contributed by atoms with van der Waals surface area (Å²) in [7, 11) is 1.90. The van der Waals surface area contributed by atoms with Crippen LogP contribution < -0.4 is 10.6 Å². The number of para-hydroxylation sites is 1. The highest BCUT2D eigenvalue weighted by Crippen LogP contribution is 2.26. The molecule has 0 aliphatic heterocycles. The summed E-state index contributed by atoms with van der Waals surface area (Å²) in [4.78, 5) is 30.0. The van der Waals surface area contributed by atoms with E-state index in [1.54, 1.807) is 6.20 Å². The van der Waals surface area contributed by atoms with E-state index in [1.807, 2.05) is 60.1 Å². The number of benzene rings is 1. The van der Waals surface area contributed by atoms with Crippen LogP contribution in [0.1, 0.15) is 41.9 Å². The number of hydrogen-bond acceptors (Lipinski definition) is 3. The van der Waals surface area contributed by atoms with Gasteiger partial charge in [0.05, 0.1) is 18.2 Å². The summed E-state index contributed by atoms with van der Waals surface area (Å²) < 4.78 is 1.91. The highest BCUT2D eigenvalue weighted by Gasteiger charge is 2.32. The van der Waals surface area contributed by atoms with Crippen LogP contribution in [0.3, 0.4) is 0 Å². The zero-order chi connectivity index (χ0) is 20.2. The van der Waals surface area contributed by atoms with Crippen LogP contribution in [0.4, 0.5) is 0 Å². The minimum Gasteiger partial charge on any atom is -0.350 e. The Bertz CT molecular complexity index is 1010. The van der Waals surface area contributed by atoms with Gasteiger partial charge in [0.15, 0.2) is 0 Å². The number of carbonyl (C=O) groups is 2. The second-order valence-electron chi connectivity index (χ2n) is 7.66. The predicted octanol–water partition coefficient (Wildman–Crippen LogP) is 3.18. The van der Waals surface area contributed by atoms with E-state index in [0.29, 0.717) is 12.2 Å². The van der Waals surface area contributed by atoms with Gasteiger partial charge in [0.2, 0.25) is 5.91 Å². The molecule has 0 unspecified atom stereocenters. The van der Waals surface area contributed by atoms with Crippen molar-refractivity contribution >= 4 is 22.7 Å². The number of rotatable bonds is 5. The van der Waals surface area contributed by atoms with Gasteiger partial charge in [0.1, 0.15) is 5.69 Å². The molecule has 150 valence electrons. The van der Waals surface area contributed by atoms with E-state index >= 15 is 0 Å². The van der Waals surface area contributed by atoms with E-state index in [-0.39, 0.29) is 23.8 Å². The molecular formula is C23H26N4O2. The van der Waals surface area contributed by atoms with Crippen molar-refractivity contribution in [3.05, 3.63) is 66.1 Å². The van der Waals surface area contributed by atoms with Crippen LogP contribution in [0, 0.1) is 5.92 Å². The van der Waals surface area contributed by atoms with Gasteiger partial charge in [-0.3, -0.25) is 14.6 Å². The number of hydrogen-bond donors (Lipinski definition) is 2. The van der Waals surface area contributed by atoms with Crippen LogP contribution in [0.2, 0.25) is 0 Å². The normalized spacial score (nSPS) is 19.1. The molecule has 2 N–H and O–H groups in total. The average Bonchev–Trinajstić information content (AvgIpc) is 3.10. The molecule has 1 aliphatic carbocycles. The van der Waals surface area contributed by atoms with Crippen molar-refractivity contribution in [1.29, 1.82) is 0 Å². The first kappa shape index (κ1) is 19.2. The van der Waals surface area contributed by atoms with Gasteiger partial charge in [-0.05, 0) is 37.1 Å². The van der Waals surface area contributed by atoms with Crippen molar-refractivity contribution in [3.8, 4) is 0 Å². The molecule has 1 fully saturated rings. The summed E-state index contributed by atoms with van der Waals surface area (Å²) >= 11 is 0. The van der Waals surface area contributed by atoms with Crippen molar-refractivity contribution < 1.29 is 9.59 Å². The lowest BCUT2D eigenvalue weighted by Gasteiger charge is -2.31. The Hall–Kier alpha value is -3.15. The summed E-state index contributed by atoms with van der Waals surface area (Å²) in [5.41, 5.74) is 2.46. The van der Waals surface area contributed by atoms with Gasteiger partial charge in [-0.1, -0.05) is 37.1 Å². The summed E-state index contributed by atoms with van der Waals surface area (Å²) in [6.07, 6.45) is 5.34. The zero-order valence-electron chi connectivity index (χ0n) is 16.6. The van der Waals surface area contributed by atoms with Crippen molar-refractivity contribution in [2.75, 3.05) is 0 Å². The van der Waals surface area contributed by atoms with Crippen LogP contribution in [0.5, 0.6) is 0 Å². The third-order valence-electron chi connectivity index (χ3n) is 5.77. The first-order valence-corrected chi connectivity index (χ1v) is 10.2. The monoisotopic (exact) mass is 390 g/mol. The number of aromatic nitrogens is 2. The molecule has 6 heteroatoms. The Balaban J connectivity index is 1.44. The number of aryl methyl sites for hydroxylation is 1. The Morgan fingerprint density at radius 3 is 2.69 bits per heavy atom. The largest absolute Gasteiger partial charge is 0.350 e. The van der Waals surface area contributed by atoms with E-state index in [2.05, 4.69) is 15.6 Å². The van der Waals surface area contributed by atoms with E-state index in [0.717, 1.165) is 42.3 Å². The SMILES string of the molecule is Cn1c(C(=O)N[C@H]2CCCC[C@H]2C(=O)NCc2ccccn2)cc2ccccc21. The third-order valence-corrected chi connectivity index (χ3v) is 5.77. The molecule has 1 saturated carbocycles. The molecule has 0 radical (unpaired) electrons. The number of fused-ring (bicyclic) bond motifs is 1. The number of carbonyl (C=O) groups excluding carboxylic acids is 2. The van der Waals surface area contributed by atoms with Crippen molar-refractivity contribution in [2.45, 2.75) is 38.3 Å². The average molecular weight is 390 g/mol. The molecule has 4 rings (SSSR count). The Morgan fingerprint density at radius 2 is 1.90 bits per heavy atom. The molecule has 2 amide bonds. The smallest absolute Gasteiger partial charge is 0.268 e. The van der Waals surface area contributed by atoms with Crippen molar-refractivity contribution in [3.63, 3.8) is 0 Å². The first-order valence-electron chi connectivity index (χ1n) is 10.2. The Morgan fingerprint density at radius 1 is 1.10 bits per heavy atom. The maximum Gasteiger partial charge on any atom is 0.268 e. The molecule has 29 heavy (non-hydrogen) atoms. The number of pyridine rings is 1. The standard InChI is InChI=1S/C23H26N4O2/c1-27-20-12-5-2-8-16(20)14-21(27)23(29)26-19-11-4-3-10-18(19)22(28)25-15-17-9-6-7-13-24-17/h2,5-9,12-14,18-19H,3-4,10-11,15H2,1H3,(H,25,28)(H,26,29)/t18-,19+/m1/s1. The van der Waals surface area contributed by atoms with Gasteiger partial charge < -0.3 is 15.2 Å². The molecule has 3 aromatic rings. The van der Waals surface area contributed by atoms with Gasteiger partial charge in [-0.15, -0.1) is 0 Å². The number of nitrogens with zero attached hydrogens (tertiary/aromatic N) is 2. The highest BCUT2D eigenvalue weighted by atomic mass is 16.2. The van der Waals surface area contributed by atoms with Crippen LogP contribution in [0.15, 0.2) is 54.7 Å². The molecule has 2 heterocycles. The fourth-order valence-electron chi connectivity index (χ4n) is 4.18. The maximum absolute atomic E-state index is 13.0. The third kappa shape index (κ3) is 4.16. The van der Waals surface area contributed by atoms with Crippen LogP contribution in [-0.2, 0) is 18.4 Å². The summed E-state index contributed by atoms with van der Waals surface area (Å²) in [6.45, 7) is 0.403. The molecule has 0 saturated heterocycles. The number of nitrogens with one attached hydrogen (secondary N) is 2. The Labute approximate surface area is 170 Å². The van der Waals surface area contributed by atoms with Gasteiger partial charge in [0.25, 0.3) is 5.91 Å². The van der Waals surface area contributed by atoms with Crippen LogP contribution >= 0.6 is 0 Å². The lowest BCUT2D eigenvalue weighted by atomic mass is 9.83. The molecular weight excluding hydrogens is 364 g/mol. The van der Waals surface area contributed by atoms with E-state index in [1.165, 1.54) is 0 Å².